The van der Waals surface area contributed by atoms with E-state index in [0.29, 0.717) is 11.1 Å². The highest BCUT2D eigenvalue weighted by Gasteiger charge is 2.56. The zero-order chi connectivity index (χ0) is 18.9. The van der Waals surface area contributed by atoms with E-state index in [9.17, 15) is 19.8 Å². The molecule has 1 unspecified atom stereocenters. The molecule has 1 aliphatic rings. The third kappa shape index (κ3) is 2.68. The molecule has 3 rings (SSSR count). The Kier molecular flexibility index (Phi) is 4.40. The lowest BCUT2D eigenvalue weighted by molar-refractivity contribution is -0.207. The van der Waals surface area contributed by atoms with E-state index < -0.39 is 17.7 Å². The largest absolute Gasteiger partial charge is 0.508 e. The van der Waals surface area contributed by atoms with Crippen LogP contribution in [0.25, 0.3) is 11.1 Å². The predicted octanol–water partition coefficient (Wildman–Crippen LogP) is 2.08. The zero-order valence-corrected chi connectivity index (χ0v) is 14.1. The van der Waals surface area contributed by atoms with Gasteiger partial charge in [-0.05, 0) is 35.4 Å². The number of phenols is 2. The second kappa shape index (κ2) is 6.53. The molecule has 0 saturated carbocycles. The molecule has 26 heavy (non-hydrogen) atoms. The molecule has 2 N–H and O–H groups in total. The second-order valence-corrected chi connectivity index (χ2v) is 5.55. The summed E-state index contributed by atoms with van der Waals surface area (Å²) in [5.41, 5.74) is 1.12. The Morgan fingerprint density at radius 3 is 1.88 bits per heavy atom. The van der Waals surface area contributed by atoms with Crippen molar-refractivity contribution in [3.8, 4) is 11.5 Å². The Hall–Kier alpha value is -3.32. The van der Waals surface area contributed by atoms with E-state index in [2.05, 4.69) is 0 Å². The van der Waals surface area contributed by atoms with Crippen LogP contribution in [0.4, 0.5) is 0 Å². The Morgan fingerprint density at radius 1 is 0.923 bits per heavy atom. The third-order valence-corrected chi connectivity index (χ3v) is 4.07. The normalized spacial score (nSPS) is 19.4. The molecule has 1 heterocycles. The lowest BCUT2D eigenvalue weighted by Crippen LogP contribution is -2.43. The number of methoxy groups -OCH3 is 2. The van der Waals surface area contributed by atoms with Gasteiger partial charge in [0.1, 0.15) is 11.5 Å². The number of carbonyl (C=O) groups excluding carboxylic acids is 2. The molecule has 1 aliphatic heterocycles. The first-order chi connectivity index (χ1) is 12.4. The maximum absolute atomic E-state index is 12.6. The summed E-state index contributed by atoms with van der Waals surface area (Å²) >= 11 is 0. The minimum Gasteiger partial charge on any atom is -0.508 e. The van der Waals surface area contributed by atoms with Gasteiger partial charge in [0.25, 0.3) is 0 Å². The predicted molar refractivity (Wildman–Crippen MR) is 90.9 cm³/mol. The molecule has 0 bridgehead atoms. The summed E-state index contributed by atoms with van der Waals surface area (Å²) in [7, 11) is 2.38. The van der Waals surface area contributed by atoms with E-state index in [-0.39, 0.29) is 22.6 Å². The van der Waals surface area contributed by atoms with Gasteiger partial charge < -0.3 is 24.4 Å². The fourth-order valence-corrected chi connectivity index (χ4v) is 2.86. The summed E-state index contributed by atoms with van der Waals surface area (Å²) in [6, 6.07) is 11.8. The average Bonchev–Trinajstić information content (AvgIpc) is 2.96. The number of phenolic OH excluding ortho intramolecular Hbond substituents is 2. The first kappa shape index (κ1) is 17.5. The number of hydrogen-bond acceptors (Lipinski definition) is 7. The van der Waals surface area contributed by atoms with Crippen LogP contribution in [0, 0.1) is 0 Å². The number of esters is 2. The van der Waals surface area contributed by atoms with Crippen LogP contribution in [-0.4, -0.2) is 42.2 Å². The van der Waals surface area contributed by atoms with E-state index in [1.807, 2.05) is 0 Å². The third-order valence-electron chi connectivity index (χ3n) is 4.07. The maximum Gasteiger partial charge on any atom is 0.384 e. The quantitative estimate of drug-likeness (QED) is 0.809. The summed E-state index contributed by atoms with van der Waals surface area (Å²) < 4.78 is 15.4. The molecule has 2 aromatic rings. The van der Waals surface area contributed by atoms with Crippen LogP contribution in [0.5, 0.6) is 11.5 Å². The van der Waals surface area contributed by atoms with Crippen molar-refractivity contribution >= 4 is 23.1 Å². The van der Waals surface area contributed by atoms with Crippen LogP contribution in [0.2, 0.25) is 0 Å². The first-order valence-corrected chi connectivity index (χ1v) is 7.63. The fourth-order valence-electron chi connectivity index (χ4n) is 2.86. The van der Waals surface area contributed by atoms with Crippen LogP contribution in [0.3, 0.4) is 0 Å². The van der Waals surface area contributed by atoms with Crippen molar-refractivity contribution in [3.05, 3.63) is 59.7 Å². The lowest BCUT2D eigenvalue weighted by atomic mass is 9.90. The maximum atomic E-state index is 12.6. The van der Waals surface area contributed by atoms with Crippen molar-refractivity contribution in [2.24, 2.45) is 0 Å². The molecule has 2 aromatic carbocycles. The van der Waals surface area contributed by atoms with Crippen LogP contribution in [0.15, 0.2) is 48.5 Å². The lowest BCUT2D eigenvalue weighted by Gasteiger charge is -2.26. The molecule has 0 radical (unpaired) electrons. The number of carbonyl (C=O) groups is 2. The Morgan fingerprint density at radius 2 is 1.42 bits per heavy atom. The molecule has 0 saturated heterocycles. The number of hydrogen-bond donors (Lipinski definition) is 2. The number of rotatable bonds is 4. The number of benzene rings is 2. The number of cyclic esters (lactones) is 1. The van der Waals surface area contributed by atoms with Crippen LogP contribution < -0.4 is 0 Å². The Bertz CT molecular complexity index is 881. The molecule has 0 aromatic heterocycles. The summed E-state index contributed by atoms with van der Waals surface area (Å²) in [6.07, 6.45) is 0. The molecule has 7 nitrogen and oxygen atoms in total. The molecule has 7 heteroatoms. The standard InChI is InChI=1S/C19H16O7/c1-24-18(23)19(25-2)16(12-5-9-14(21)10-6-12)15(17(22)26-19)11-3-7-13(20)8-4-11/h3-10,20-21H,1-2H3. The summed E-state index contributed by atoms with van der Waals surface area (Å²) in [4.78, 5) is 25.1. The van der Waals surface area contributed by atoms with E-state index >= 15 is 0 Å². The highest BCUT2D eigenvalue weighted by molar-refractivity contribution is 6.31. The molecular weight excluding hydrogens is 340 g/mol. The van der Waals surface area contributed by atoms with Crippen LogP contribution >= 0.6 is 0 Å². The van der Waals surface area contributed by atoms with Gasteiger partial charge in [0.15, 0.2) is 0 Å². The van der Waals surface area contributed by atoms with Gasteiger partial charge in [0, 0.05) is 7.11 Å². The molecule has 0 fully saturated rings. The van der Waals surface area contributed by atoms with E-state index in [1.165, 1.54) is 55.6 Å². The van der Waals surface area contributed by atoms with Gasteiger partial charge in [0.2, 0.25) is 0 Å². The van der Waals surface area contributed by atoms with E-state index in [0.717, 1.165) is 7.11 Å². The van der Waals surface area contributed by atoms with Crippen molar-refractivity contribution in [2.45, 2.75) is 5.79 Å². The van der Waals surface area contributed by atoms with Crippen LogP contribution in [0.1, 0.15) is 11.1 Å². The summed E-state index contributed by atoms with van der Waals surface area (Å²) in [5, 5.41) is 19.0. The van der Waals surface area contributed by atoms with Crippen molar-refractivity contribution in [1.82, 2.24) is 0 Å². The highest BCUT2D eigenvalue weighted by Crippen LogP contribution is 2.45. The molecule has 1 atom stereocenters. The second-order valence-electron chi connectivity index (χ2n) is 5.55. The Labute approximate surface area is 149 Å². The summed E-state index contributed by atoms with van der Waals surface area (Å²) in [6.45, 7) is 0. The van der Waals surface area contributed by atoms with Gasteiger partial charge in [-0.1, -0.05) is 24.3 Å². The minimum atomic E-state index is -2.07. The molecular formula is C19H16O7. The van der Waals surface area contributed by atoms with Gasteiger partial charge in [-0.15, -0.1) is 0 Å². The zero-order valence-electron chi connectivity index (χ0n) is 14.1. The number of ether oxygens (including phenoxy) is 3. The fraction of sp³-hybridized carbons (Fsp3) is 0.158. The summed E-state index contributed by atoms with van der Waals surface area (Å²) in [5.74, 6) is -3.70. The van der Waals surface area contributed by atoms with E-state index in [1.54, 1.807) is 0 Å². The van der Waals surface area contributed by atoms with Gasteiger partial charge in [-0.2, -0.15) is 0 Å². The van der Waals surface area contributed by atoms with Crippen molar-refractivity contribution in [1.29, 1.82) is 0 Å². The Balaban J connectivity index is 2.32. The monoisotopic (exact) mass is 356 g/mol. The minimum absolute atomic E-state index is 0.0202. The van der Waals surface area contributed by atoms with E-state index in [4.69, 9.17) is 14.2 Å². The average molecular weight is 356 g/mol. The van der Waals surface area contributed by atoms with Crippen molar-refractivity contribution in [3.63, 3.8) is 0 Å². The molecule has 0 amide bonds. The van der Waals surface area contributed by atoms with Crippen molar-refractivity contribution in [2.75, 3.05) is 14.2 Å². The smallest absolute Gasteiger partial charge is 0.384 e. The van der Waals surface area contributed by atoms with Gasteiger partial charge in [0.05, 0.1) is 18.3 Å². The van der Waals surface area contributed by atoms with Gasteiger partial charge in [-0.3, -0.25) is 0 Å². The molecule has 134 valence electrons. The SMILES string of the molecule is COC(=O)C1(OC)OC(=O)C(c2ccc(O)cc2)=C1c1ccc(O)cc1. The topological polar surface area (TPSA) is 102 Å². The van der Waals surface area contributed by atoms with Crippen molar-refractivity contribution < 1.29 is 34.0 Å². The highest BCUT2D eigenvalue weighted by atomic mass is 16.7. The van der Waals surface area contributed by atoms with Gasteiger partial charge >= 0.3 is 17.7 Å². The van der Waals surface area contributed by atoms with Gasteiger partial charge in [-0.25, -0.2) is 9.59 Å². The number of aromatic hydroxyl groups is 2. The van der Waals surface area contributed by atoms with Crippen LogP contribution in [-0.2, 0) is 23.8 Å². The molecule has 0 aliphatic carbocycles. The first-order valence-electron chi connectivity index (χ1n) is 7.63. The molecule has 0 spiro atoms.